The van der Waals surface area contributed by atoms with Crippen molar-refractivity contribution in [2.24, 2.45) is 0 Å². The number of rotatable bonds is 56. The van der Waals surface area contributed by atoms with E-state index in [1.165, 1.54) is 173 Å². The average Bonchev–Trinajstić information content (AvgIpc) is 3.39. The van der Waals surface area contributed by atoms with Crippen molar-refractivity contribution in [3.63, 3.8) is 0 Å². The van der Waals surface area contributed by atoms with E-state index < -0.39 is 6.10 Å². The van der Waals surface area contributed by atoms with Crippen LogP contribution in [0.1, 0.15) is 303 Å². The summed E-state index contributed by atoms with van der Waals surface area (Å²) in [6.07, 6.45) is 80.0. The minimum absolute atomic E-state index is 0.0924. The Balaban J connectivity index is 4.45. The van der Waals surface area contributed by atoms with Crippen LogP contribution in [0.5, 0.6) is 0 Å². The molecular formula is C67H116O6. The zero-order valence-electron chi connectivity index (χ0n) is 48.1. The number of carbonyl (C=O) groups is 3. The largest absolute Gasteiger partial charge is 0.462 e. The van der Waals surface area contributed by atoms with Gasteiger partial charge in [-0.25, -0.2) is 0 Å². The standard InChI is InChI=1S/C67H116O6/c1-4-7-10-13-16-19-22-25-28-31-33-36-39-42-45-48-51-54-57-60-66(69)72-63-64(62-71-65(68)59-56-53-50-47-44-41-38-35-30-27-24-21-18-15-12-9-6-3)73-67(70)61-58-55-52-49-46-43-40-37-34-32-29-26-23-20-17-14-11-8-5-2/h16-17,19-20,25-30,34,37,43,46,64H,4-15,18,21-24,31-33,35-36,38-42,44-45,47-63H2,1-3H3/b19-16-,20-17-,28-25-,29-26-,30-27-,37-34-,46-43-/t64-/m0/s1. The van der Waals surface area contributed by atoms with E-state index in [-0.39, 0.29) is 37.5 Å². The lowest BCUT2D eigenvalue weighted by Crippen LogP contribution is -2.30. The molecule has 0 aliphatic heterocycles. The van der Waals surface area contributed by atoms with Crippen LogP contribution in [0.4, 0.5) is 0 Å². The van der Waals surface area contributed by atoms with Gasteiger partial charge in [0.15, 0.2) is 6.10 Å². The Morgan fingerprint density at radius 1 is 0.274 bits per heavy atom. The lowest BCUT2D eigenvalue weighted by atomic mass is 10.1. The molecule has 0 bridgehead atoms. The molecule has 0 spiro atoms. The Morgan fingerprint density at radius 3 is 0.822 bits per heavy atom. The highest BCUT2D eigenvalue weighted by atomic mass is 16.6. The maximum Gasteiger partial charge on any atom is 0.306 e. The molecule has 0 radical (unpaired) electrons. The molecule has 1 atom stereocenters. The molecule has 6 nitrogen and oxygen atoms in total. The first kappa shape index (κ1) is 69.6. The van der Waals surface area contributed by atoms with Crippen molar-refractivity contribution < 1.29 is 28.6 Å². The van der Waals surface area contributed by atoms with Crippen molar-refractivity contribution in [3.05, 3.63) is 85.1 Å². The van der Waals surface area contributed by atoms with Gasteiger partial charge in [0.05, 0.1) is 0 Å². The van der Waals surface area contributed by atoms with Crippen molar-refractivity contribution >= 4 is 17.9 Å². The van der Waals surface area contributed by atoms with Gasteiger partial charge in [0, 0.05) is 19.3 Å². The van der Waals surface area contributed by atoms with Gasteiger partial charge >= 0.3 is 17.9 Å². The van der Waals surface area contributed by atoms with Crippen molar-refractivity contribution in [2.45, 2.75) is 309 Å². The first-order valence-electron chi connectivity index (χ1n) is 31.1. The van der Waals surface area contributed by atoms with Crippen molar-refractivity contribution in [1.82, 2.24) is 0 Å². The van der Waals surface area contributed by atoms with Gasteiger partial charge in [-0.3, -0.25) is 14.4 Å². The fourth-order valence-electron chi connectivity index (χ4n) is 8.63. The first-order valence-corrected chi connectivity index (χ1v) is 31.1. The molecule has 73 heavy (non-hydrogen) atoms. The number of hydrogen-bond acceptors (Lipinski definition) is 6. The molecular weight excluding hydrogens is 901 g/mol. The van der Waals surface area contributed by atoms with Gasteiger partial charge in [0.1, 0.15) is 13.2 Å². The van der Waals surface area contributed by atoms with E-state index in [1.54, 1.807) is 0 Å². The summed E-state index contributed by atoms with van der Waals surface area (Å²) in [5.41, 5.74) is 0. The average molecular weight is 1020 g/mol. The summed E-state index contributed by atoms with van der Waals surface area (Å²) in [5.74, 6) is -0.922. The molecule has 0 aromatic rings. The monoisotopic (exact) mass is 1020 g/mol. The molecule has 6 heteroatoms. The van der Waals surface area contributed by atoms with Gasteiger partial charge < -0.3 is 14.2 Å². The van der Waals surface area contributed by atoms with Crippen LogP contribution >= 0.6 is 0 Å². The second-order valence-corrected chi connectivity index (χ2v) is 20.6. The summed E-state index contributed by atoms with van der Waals surface area (Å²) in [5, 5.41) is 0. The quantitative estimate of drug-likeness (QED) is 0.0261. The van der Waals surface area contributed by atoms with Gasteiger partial charge in [-0.1, -0.05) is 247 Å². The van der Waals surface area contributed by atoms with E-state index in [4.69, 9.17) is 14.2 Å². The minimum Gasteiger partial charge on any atom is -0.462 e. The molecule has 0 unspecified atom stereocenters. The minimum atomic E-state index is -0.798. The molecule has 0 saturated heterocycles. The van der Waals surface area contributed by atoms with Gasteiger partial charge in [-0.15, -0.1) is 0 Å². The summed E-state index contributed by atoms with van der Waals surface area (Å²) < 4.78 is 16.9. The number of hydrogen-bond donors (Lipinski definition) is 0. The molecule has 0 amide bonds. The fraction of sp³-hybridized carbons (Fsp3) is 0.746. The number of allylic oxidation sites excluding steroid dienone is 14. The van der Waals surface area contributed by atoms with E-state index >= 15 is 0 Å². The predicted octanol–water partition coefficient (Wildman–Crippen LogP) is 21.1. The Labute approximate surface area is 452 Å². The lowest BCUT2D eigenvalue weighted by molar-refractivity contribution is -0.167. The smallest absolute Gasteiger partial charge is 0.306 e. The summed E-state index contributed by atoms with van der Waals surface area (Å²) >= 11 is 0. The highest BCUT2D eigenvalue weighted by molar-refractivity contribution is 5.71. The lowest BCUT2D eigenvalue weighted by Gasteiger charge is -2.18. The molecule has 0 aromatic heterocycles. The van der Waals surface area contributed by atoms with Crippen LogP contribution in [0.25, 0.3) is 0 Å². The van der Waals surface area contributed by atoms with E-state index in [0.29, 0.717) is 12.8 Å². The van der Waals surface area contributed by atoms with Gasteiger partial charge in [0.2, 0.25) is 0 Å². The van der Waals surface area contributed by atoms with Crippen LogP contribution in [-0.4, -0.2) is 37.2 Å². The highest BCUT2D eigenvalue weighted by Gasteiger charge is 2.19. The number of carbonyl (C=O) groups excluding carboxylic acids is 3. The Morgan fingerprint density at radius 2 is 0.493 bits per heavy atom. The van der Waals surface area contributed by atoms with Crippen LogP contribution < -0.4 is 0 Å². The van der Waals surface area contributed by atoms with E-state index in [2.05, 4.69) is 106 Å². The zero-order valence-corrected chi connectivity index (χ0v) is 48.1. The van der Waals surface area contributed by atoms with E-state index in [9.17, 15) is 14.4 Å². The number of esters is 3. The Hall–Kier alpha value is -3.41. The third-order valence-corrected chi connectivity index (χ3v) is 13.3. The van der Waals surface area contributed by atoms with Crippen molar-refractivity contribution in [1.29, 1.82) is 0 Å². The number of ether oxygens (including phenoxy) is 3. The van der Waals surface area contributed by atoms with Crippen LogP contribution in [0.15, 0.2) is 85.1 Å². The molecule has 0 rings (SSSR count). The van der Waals surface area contributed by atoms with Crippen molar-refractivity contribution in [2.75, 3.05) is 13.2 Å². The molecule has 420 valence electrons. The highest BCUT2D eigenvalue weighted by Crippen LogP contribution is 2.15. The molecule has 0 fully saturated rings. The second kappa shape index (κ2) is 61.1. The molecule has 0 aromatic carbocycles. The molecule has 0 N–H and O–H groups in total. The molecule has 0 aliphatic carbocycles. The first-order chi connectivity index (χ1) is 36.0. The Kier molecular flexibility index (Phi) is 58.3. The fourth-order valence-corrected chi connectivity index (χ4v) is 8.63. The SMILES string of the molecule is CCCCC/C=C\C/C=C\C/C=C\C/C=C\CCCCCC(=O)O[C@@H](COC(=O)CCCCCCCCC/C=C\CCCCCCCC)COC(=O)CCCCCCCCCCC/C=C\C/C=C\CCCCC. The summed E-state index contributed by atoms with van der Waals surface area (Å²) in [7, 11) is 0. The van der Waals surface area contributed by atoms with Crippen LogP contribution in [0, 0.1) is 0 Å². The third-order valence-electron chi connectivity index (χ3n) is 13.3. The van der Waals surface area contributed by atoms with Gasteiger partial charge in [-0.2, -0.15) is 0 Å². The van der Waals surface area contributed by atoms with Crippen molar-refractivity contribution in [3.8, 4) is 0 Å². The summed E-state index contributed by atoms with van der Waals surface area (Å²) in [4.78, 5) is 38.3. The summed E-state index contributed by atoms with van der Waals surface area (Å²) in [6.45, 7) is 6.58. The predicted molar refractivity (Wildman–Crippen MR) is 316 cm³/mol. The maximum absolute atomic E-state index is 12.9. The molecule has 0 aliphatic rings. The van der Waals surface area contributed by atoms with Crippen LogP contribution in [0.3, 0.4) is 0 Å². The Bertz CT molecular complexity index is 1400. The van der Waals surface area contributed by atoms with Gasteiger partial charge in [-0.05, 0) is 122 Å². The topological polar surface area (TPSA) is 78.9 Å². The molecule has 0 saturated carbocycles. The van der Waals surface area contributed by atoms with Crippen LogP contribution in [-0.2, 0) is 28.6 Å². The van der Waals surface area contributed by atoms with E-state index in [0.717, 1.165) is 89.9 Å². The number of unbranched alkanes of at least 4 members (excludes halogenated alkanes) is 31. The molecule has 0 heterocycles. The van der Waals surface area contributed by atoms with E-state index in [1.807, 2.05) is 0 Å². The normalized spacial score (nSPS) is 12.6. The second-order valence-electron chi connectivity index (χ2n) is 20.6. The third kappa shape index (κ3) is 59.3. The van der Waals surface area contributed by atoms with Crippen LogP contribution in [0.2, 0.25) is 0 Å². The zero-order chi connectivity index (χ0) is 52.9. The van der Waals surface area contributed by atoms with Gasteiger partial charge in [0.25, 0.3) is 0 Å². The maximum atomic E-state index is 12.9. The summed E-state index contributed by atoms with van der Waals surface area (Å²) in [6, 6.07) is 0.